The van der Waals surface area contributed by atoms with E-state index >= 15 is 0 Å². The molecule has 0 bridgehead atoms. The van der Waals surface area contributed by atoms with Crippen molar-refractivity contribution in [2.24, 2.45) is 4.99 Å². The van der Waals surface area contributed by atoms with E-state index in [4.69, 9.17) is 10.2 Å². The molecule has 1 aliphatic rings. The highest BCUT2D eigenvalue weighted by molar-refractivity contribution is 8.18. The number of hydrogen-bond donors (Lipinski definition) is 4. The predicted molar refractivity (Wildman–Crippen MR) is 99.3 cm³/mol. The van der Waals surface area contributed by atoms with Crippen LogP contribution in [0.15, 0.2) is 52.4 Å². The molecule has 0 spiro atoms. The quantitative estimate of drug-likeness (QED) is 0.595. The molecule has 2 aromatic rings. The monoisotopic (exact) mass is 384 g/mol. The van der Waals surface area contributed by atoms with Crippen LogP contribution >= 0.6 is 11.8 Å². The van der Waals surface area contributed by atoms with Crippen molar-refractivity contribution in [2.45, 2.75) is 0 Å². The van der Waals surface area contributed by atoms with Gasteiger partial charge < -0.3 is 20.6 Å². The van der Waals surface area contributed by atoms with Crippen molar-refractivity contribution in [3.05, 3.63) is 64.1 Å². The molecule has 4 N–H and O–H groups in total. The maximum absolute atomic E-state index is 12.1. The second kappa shape index (κ2) is 7.34. The van der Waals surface area contributed by atoms with E-state index in [2.05, 4.69) is 10.3 Å². The molecule has 1 amide bonds. The first-order valence-electron chi connectivity index (χ1n) is 7.53. The molecule has 0 aromatic heterocycles. The Hall–Kier alpha value is -3.59. The molecule has 8 nitrogen and oxygen atoms in total. The van der Waals surface area contributed by atoms with Gasteiger partial charge in [-0.2, -0.15) is 0 Å². The van der Waals surface area contributed by atoms with E-state index in [0.717, 1.165) is 11.8 Å². The first kappa shape index (κ1) is 18.2. The molecule has 3 rings (SSSR count). The number of thioether (sulfide) groups is 1. The van der Waals surface area contributed by atoms with E-state index < -0.39 is 17.7 Å². The highest BCUT2D eigenvalue weighted by atomic mass is 32.2. The Kier molecular flexibility index (Phi) is 4.95. The minimum atomic E-state index is -1.26. The number of benzene rings is 2. The fourth-order valence-electron chi connectivity index (χ4n) is 2.24. The fourth-order valence-corrected chi connectivity index (χ4v) is 3.08. The van der Waals surface area contributed by atoms with E-state index in [0.29, 0.717) is 10.5 Å². The highest BCUT2D eigenvalue weighted by Gasteiger charge is 2.24. The van der Waals surface area contributed by atoms with Gasteiger partial charge in [-0.05, 0) is 47.7 Å². The van der Waals surface area contributed by atoms with Gasteiger partial charge in [0, 0.05) is 6.07 Å². The van der Waals surface area contributed by atoms with Crippen molar-refractivity contribution in [2.75, 3.05) is 0 Å². The Morgan fingerprint density at radius 1 is 1.04 bits per heavy atom. The van der Waals surface area contributed by atoms with Gasteiger partial charge in [0.25, 0.3) is 5.91 Å². The summed E-state index contributed by atoms with van der Waals surface area (Å²) >= 11 is 1.07. The summed E-state index contributed by atoms with van der Waals surface area (Å²) in [7, 11) is 0. The third kappa shape index (κ3) is 4.15. The molecule has 1 saturated heterocycles. The number of amidine groups is 1. The Labute approximate surface area is 156 Å². The minimum Gasteiger partial charge on any atom is -0.507 e. The Morgan fingerprint density at radius 3 is 2.33 bits per heavy atom. The summed E-state index contributed by atoms with van der Waals surface area (Å²) in [6, 6.07) is 9.87. The summed E-state index contributed by atoms with van der Waals surface area (Å²) in [4.78, 5) is 38.4. The zero-order valence-electron chi connectivity index (χ0n) is 13.5. The van der Waals surface area contributed by atoms with Crippen LogP contribution in [0.4, 0.5) is 5.69 Å². The number of carboxylic acids is 2. The molecule has 1 aliphatic heterocycles. The number of amides is 1. The first-order valence-corrected chi connectivity index (χ1v) is 8.34. The van der Waals surface area contributed by atoms with Crippen molar-refractivity contribution in [3.8, 4) is 5.75 Å². The number of phenols is 1. The number of aromatic carboxylic acids is 2. The number of nitrogens with zero attached hydrogens (tertiary/aromatic N) is 1. The number of carboxylic acid groups (broad SMARTS) is 2. The van der Waals surface area contributed by atoms with E-state index in [9.17, 15) is 19.5 Å². The van der Waals surface area contributed by atoms with Gasteiger partial charge in [0.15, 0.2) is 5.17 Å². The van der Waals surface area contributed by atoms with Gasteiger partial charge in [-0.15, -0.1) is 0 Å². The number of nitrogens with one attached hydrogen (secondary N) is 1. The van der Waals surface area contributed by atoms with Gasteiger partial charge in [0.1, 0.15) is 11.3 Å². The second-order valence-corrected chi connectivity index (χ2v) is 6.45. The number of aromatic hydroxyl groups is 1. The van der Waals surface area contributed by atoms with Gasteiger partial charge in [-0.1, -0.05) is 12.1 Å². The van der Waals surface area contributed by atoms with E-state index in [1.165, 1.54) is 30.3 Å². The number of aliphatic imine (C=N–C) groups is 1. The zero-order chi connectivity index (χ0) is 19.6. The number of carbonyl (C=O) groups is 3. The van der Waals surface area contributed by atoms with Gasteiger partial charge in [-0.25, -0.2) is 14.6 Å². The number of hydrogen-bond acceptors (Lipinski definition) is 6. The fraction of sp³-hybridized carbons (Fsp3) is 0. The Balaban J connectivity index is 1.80. The predicted octanol–water partition coefficient (Wildman–Crippen LogP) is 2.68. The molecule has 0 atom stereocenters. The zero-order valence-corrected chi connectivity index (χ0v) is 14.4. The van der Waals surface area contributed by atoms with Crippen LogP contribution < -0.4 is 5.32 Å². The van der Waals surface area contributed by atoms with Crippen LogP contribution in [0.25, 0.3) is 6.08 Å². The van der Waals surface area contributed by atoms with Crippen LogP contribution in [0.1, 0.15) is 26.3 Å². The normalized spacial score (nSPS) is 16.5. The van der Waals surface area contributed by atoms with Crippen molar-refractivity contribution in [1.29, 1.82) is 0 Å². The number of rotatable bonds is 4. The van der Waals surface area contributed by atoms with Crippen LogP contribution in [0.2, 0.25) is 0 Å². The van der Waals surface area contributed by atoms with E-state index in [-0.39, 0.29) is 27.9 Å². The van der Waals surface area contributed by atoms with Crippen LogP contribution in [0, 0.1) is 0 Å². The summed E-state index contributed by atoms with van der Waals surface area (Å²) in [5.74, 6) is -3.08. The maximum atomic E-state index is 12.1. The molecule has 0 aliphatic carbocycles. The summed E-state index contributed by atoms with van der Waals surface area (Å²) in [5.41, 5.74) is 0.842. The molecule has 1 fully saturated rings. The molecular weight excluding hydrogens is 372 g/mol. The summed E-state index contributed by atoms with van der Waals surface area (Å²) in [5, 5.41) is 30.3. The second-order valence-electron chi connectivity index (χ2n) is 5.42. The van der Waals surface area contributed by atoms with Crippen LogP contribution in [-0.4, -0.2) is 38.3 Å². The summed E-state index contributed by atoms with van der Waals surface area (Å²) in [6.45, 7) is 0. The third-order valence-corrected chi connectivity index (χ3v) is 4.46. The standard InChI is InChI=1S/C18H12N2O6S/c21-13-8-11(5-6-12(13)17(25)26)19-18-20-15(22)14(27-18)7-9-1-3-10(4-2-9)16(23)24/h1-8,21H,(H,23,24)(H,25,26)(H,19,20,22)/b14-7-. The molecule has 0 saturated carbocycles. The van der Waals surface area contributed by atoms with Crippen molar-refractivity contribution >= 4 is 46.5 Å². The molecule has 0 unspecified atom stereocenters. The Morgan fingerprint density at radius 2 is 1.74 bits per heavy atom. The summed E-state index contributed by atoms with van der Waals surface area (Å²) in [6.07, 6.45) is 1.60. The lowest BCUT2D eigenvalue weighted by molar-refractivity contribution is -0.115. The lowest BCUT2D eigenvalue weighted by atomic mass is 10.1. The van der Waals surface area contributed by atoms with Gasteiger partial charge in [0.05, 0.1) is 16.2 Å². The van der Waals surface area contributed by atoms with Crippen LogP contribution in [-0.2, 0) is 4.79 Å². The topological polar surface area (TPSA) is 136 Å². The molecule has 2 aromatic carbocycles. The molecule has 0 radical (unpaired) electrons. The smallest absolute Gasteiger partial charge is 0.339 e. The lowest BCUT2D eigenvalue weighted by Crippen LogP contribution is -2.19. The third-order valence-electron chi connectivity index (χ3n) is 3.55. The molecular formula is C18H12N2O6S. The number of carbonyl (C=O) groups excluding carboxylic acids is 1. The summed E-state index contributed by atoms with van der Waals surface area (Å²) < 4.78 is 0. The molecule has 9 heteroatoms. The van der Waals surface area contributed by atoms with Crippen molar-refractivity contribution in [3.63, 3.8) is 0 Å². The van der Waals surface area contributed by atoms with Gasteiger partial charge in [-0.3, -0.25) is 4.79 Å². The SMILES string of the molecule is O=C1NC(=Nc2ccc(C(=O)O)c(O)c2)S/C1=C\c1ccc(C(=O)O)cc1. The van der Waals surface area contributed by atoms with Crippen LogP contribution in [0.3, 0.4) is 0 Å². The molecule has 136 valence electrons. The van der Waals surface area contributed by atoms with Gasteiger partial charge in [0.2, 0.25) is 0 Å². The average Bonchev–Trinajstić information content (AvgIpc) is 2.94. The maximum Gasteiger partial charge on any atom is 0.339 e. The minimum absolute atomic E-state index is 0.146. The first-order chi connectivity index (χ1) is 12.8. The lowest BCUT2D eigenvalue weighted by Gasteiger charge is -2.01. The Bertz CT molecular complexity index is 1010. The molecule has 1 heterocycles. The van der Waals surface area contributed by atoms with E-state index in [1.54, 1.807) is 18.2 Å². The van der Waals surface area contributed by atoms with Crippen molar-refractivity contribution in [1.82, 2.24) is 5.32 Å². The average molecular weight is 384 g/mol. The van der Waals surface area contributed by atoms with Gasteiger partial charge >= 0.3 is 11.9 Å². The largest absolute Gasteiger partial charge is 0.507 e. The van der Waals surface area contributed by atoms with E-state index in [1.807, 2.05) is 0 Å². The molecule has 27 heavy (non-hydrogen) atoms. The van der Waals surface area contributed by atoms with Crippen molar-refractivity contribution < 1.29 is 29.7 Å². The van der Waals surface area contributed by atoms with Crippen LogP contribution in [0.5, 0.6) is 5.75 Å². The highest BCUT2D eigenvalue weighted by Crippen LogP contribution is 2.30.